The highest BCUT2D eigenvalue weighted by molar-refractivity contribution is 5.36. The number of carbonyl (C=O) groups excluding carboxylic acids is 1. The molecule has 0 aliphatic heterocycles. The number of hydrogen-bond donors (Lipinski definition) is 1. The molecule has 0 saturated heterocycles. The first-order valence-electron chi connectivity index (χ1n) is 4.65. The molecule has 0 unspecified atom stereocenters. The highest BCUT2D eigenvalue weighted by atomic mass is 16.5. The van der Waals surface area contributed by atoms with E-state index in [0.717, 1.165) is 25.7 Å². The largest absolute Gasteiger partial charge is 0.468 e. The summed E-state index contributed by atoms with van der Waals surface area (Å²) in [5.74, 6) is 0. The zero-order valence-electron chi connectivity index (χ0n) is 7.91. The van der Waals surface area contributed by atoms with Gasteiger partial charge in [-0.05, 0) is 25.7 Å². The van der Waals surface area contributed by atoms with Crippen LogP contribution in [-0.2, 0) is 14.3 Å². The summed E-state index contributed by atoms with van der Waals surface area (Å²) in [5.41, 5.74) is 0. The summed E-state index contributed by atoms with van der Waals surface area (Å²) in [6, 6.07) is 0. The van der Waals surface area contributed by atoms with Gasteiger partial charge in [0.25, 0.3) is 6.47 Å². The SMILES string of the molecule is O=COCCCCOCCCCO. The molecule has 0 heterocycles. The van der Waals surface area contributed by atoms with Crippen LogP contribution in [0.4, 0.5) is 0 Å². The molecule has 0 aliphatic carbocycles. The molecule has 4 heteroatoms. The molecule has 0 rings (SSSR count). The molecule has 0 aromatic heterocycles. The summed E-state index contributed by atoms with van der Waals surface area (Å²) in [5, 5.41) is 8.46. The van der Waals surface area contributed by atoms with Crippen LogP contribution < -0.4 is 0 Å². The van der Waals surface area contributed by atoms with E-state index in [2.05, 4.69) is 4.74 Å². The molecule has 0 saturated carbocycles. The zero-order chi connectivity index (χ0) is 9.78. The van der Waals surface area contributed by atoms with Gasteiger partial charge in [0.05, 0.1) is 6.61 Å². The van der Waals surface area contributed by atoms with E-state index in [0.29, 0.717) is 26.3 Å². The van der Waals surface area contributed by atoms with Gasteiger partial charge < -0.3 is 14.6 Å². The molecule has 1 N–H and O–H groups in total. The average molecular weight is 190 g/mol. The van der Waals surface area contributed by atoms with Crippen LogP contribution in [-0.4, -0.2) is 38.0 Å². The van der Waals surface area contributed by atoms with Crippen LogP contribution in [0.2, 0.25) is 0 Å². The average Bonchev–Trinajstić information content (AvgIpc) is 2.16. The summed E-state index contributed by atoms with van der Waals surface area (Å²) in [6.45, 7) is 2.57. The van der Waals surface area contributed by atoms with Crippen molar-refractivity contribution >= 4 is 6.47 Å². The Morgan fingerprint density at radius 3 is 2.23 bits per heavy atom. The summed E-state index contributed by atoms with van der Waals surface area (Å²) >= 11 is 0. The van der Waals surface area contributed by atoms with Gasteiger partial charge in [-0.15, -0.1) is 0 Å². The molecule has 0 atom stereocenters. The molecular weight excluding hydrogens is 172 g/mol. The number of rotatable bonds is 10. The van der Waals surface area contributed by atoms with Crippen molar-refractivity contribution < 1.29 is 19.4 Å². The standard InChI is InChI=1S/C9H18O4/c10-5-1-2-6-12-7-3-4-8-13-9-11/h9-10H,1-8H2. The third kappa shape index (κ3) is 11.4. The molecule has 0 bridgehead atoms. The van der Waals surface area contributed by atoms with E-state index in [1.807, 2.05) is 0 Å². The predicted molar refractivity (Wildman–Crippen MR) is 48.4 cm³/mol. The van der Waals surface area contributed by atoms with E-state index in [4.69, 9.17) is 9.84 Å². The fraction of sp³-hybridized carbons (Fsp3) is 0.889. The Morgan fingerprint density at radius 2 is 1.62 bits per heavy atom. The second-order valence-corrected chi connectivity index (χ2v) is 2.72. The van der Waals surface area contributed by atoms with Crippen LogP contribution in [0.1, 0.15) is 25.7 Å². The Labute approximate surface area is 78.8 Å². The van der Waals surface area contributed by atoms with Crippen LogP contribution in [0.25, 0.3) is 0 Å². The van der Waals surface area contributed by atoms with E-state index >= 15 is 0 Å². The molecule has 4 nitrogen and oxygen atoms in total. The minimum atomic E-state index is 0.233. The Balaban J connectivity index is 2.79. The van der Waals surface area contributed by atoms with Gasteiger partial charge in [0.1, 0.15) is 0 Å². The third-order valence-corrected chi connectivity index (χ3v) is 1.57. The number of carbonyl (C=O) groups is 1. The van der Waals surface area contributed by atoms with Gasteiger partial charge in [-0.3, -0.25) is 4.79 Å². The molecule has 0 aromatic rings. The number of aliphatic hydroxyl groups excluding tert-OH is 1. The number of unbranched alkanes of at least 4 members (excludes halogenated alkanes) is 2. The molecule has 0 aliphatic rings. The Hall–Kier alpha value is -0.610. The maximum absolute atomic E-state index is 9.73. The lowest BCUT2D eigenvalue weighted by Crippen LogP contribution is -2.00. The van der Waals surface area contributed by atoms with Crippen LogP contribution in [0.5, 0.6) is 0 Å². The fourth-order valence-corrected chi connectivity index (χ4v) is 0.856. The lowest BCUT2D eigenvalue weighted by molar-refractivity contribution is -0.128. The summed E-state index contributed by atoms with van der Waals surface area (Å²) in [4.78, 5) is 9.73. The molecule has 78 valence electrons. The predicted octanol–water partition coefficient (Wildman–Crippen LogP) is 0.729. The minimum Gasteiger partial charge on any atom is -0.468 e. The molecule has 0 aromatic carbocycles. The van der Waals surface area contributed by atoms with E-state index in [1.54, 1.807) is 0 Å². The van der Waals surface area contributed by atoms with Gasteiger partial charge in [0, 0.05) is 19.8 Å². The van der Waals surface area contributed by atoms with Crippen LogP contribution in [0.15, 0.2) is 0 Å². The summed E-state index contributed by atoms with van der Waals surface area (Å²) < 4.78 is 9.77. The summed E-state index contributed by atoms with van der Waals surface area (Å²) in [6.07, 6.45) is 3.46. The highest BCUT2D eigenvalue weighted by Gasteiger charge is 1.90. The second kappa shape index (κ2) is 11.4. The van der Waals surface area contributed by atoms with Crippen molar-refractivity contribution in [2.24, 2.45) is 0 Å². The van der Waals surface area contributed by atoms with Crippen LogP contribution >= 0.6 is 0 Å². The fourth-order valence-electron chi connectivity index (χ4n) is 0.856. The first-order valence-corrected chi connectivity index (χ1v) is 4.65. The third-order valence-electron chi connectivity index (χ3n) is 1.57. The van der Waals surface area contributed by atoms with Gasteiger partial charge in [-0.25, -0.2) is 0 Å². The molecule has 0 amide bonds. The number of hydrogen-bond acceptors (Lipinski definition) is 4. The van der Waals surface area contributed by atoms with E-state index < -0.39 is 0 Å². The minimum absolute atomic E-state index is 0.233. The number of aliphatic hydroxyl groups is 1. The number of ether oxygens (including phenoxy) is 2. The Bertz CT molecular complexity index is 106. The van der Waals surface area contributed by atoms with Gasteiger partial charge in [-0.1, -0.05) is 0 Å². The van der Waals surface area contributed by atoms with Crippen molar-refractivity contribution in [3.8, 4) is 0 Å². The van der Waals surface area contributed by atoms with Crippen molar-refractivity contribution in [2.45, 2.75) is 25.7 Å². The van der Waals surface area contributed by atoms with Gasteiger partial charge in [0.2, 0.25) is 0 Å². The lowest BCUT2D eigenvalue weighted by Gasteiger charge is -2.02. The van der Waals surface area contributed by atoms with Crippen molar-refractivity contribution in [3.05, 3.63) is 0 Å². The van der Waals surface area contributed by atoms with Gasteiger partial charge in [-0.2, -0.15) is 0 Å². The van der Waals surface area contributed by atoms with Crippen molar-refractivity contribution in [2.75, 3.05) is 26.4 Å². The molecule has 0 spiro atoms. The maximum atomic E-state index is 9.73. The van der Waals surface area contributed by atoms with E-state index in [9.17, 15) is 4.79 Å². The van der Waals surface area contributed by atoms with Gasteiger partial charge in [0.15, 0.2) is 0 Å². The van der Waals surface area contributed by atoms with Crippen molar-refractivity contribution in [1.82, 2.24) is 0 Å². The highest BCUT2D eigenvalue weighted by Crippen LogP contribution is 1.93. The smallest absolute Gasteiger partial charge is 0.293 e. The quantitative estimate of drug-likeness (QED) is 0.407. The second-order valence-electron chi connectivity index (χ2n) is 2.72. The monoisotopic (exact) mass is 190 g/mol. The molecule has 13 heavy (non-hydrogen) atoms. The molecule has 0 radical (unpaired) electrons. The topological polar surface area (TPSA) is 55.8 Å². The summed E-state index contributed by atoms with van der Waals surface area (Å²) in [7, 11) is 0. The van der Waals surface area contributed by atoms with Crippen molar-refractivity contribution in [3.63, 3.8) is 0 Å². The van der Waals surface area contributed by atoms with Gasteiger partial charge >= 0.3 is 0 Å². The first-order chi connectivity index (χ1) is 6.41. The Kier molecular flexibility index (Phi) is 10.9. The maximum Gasteiger partial charge on any atom is 0.293 e. The Morgan fingerprint density at radius 1 is 1.00 bits per heavy atom. The molecule has 0 fully saturated rings. The van der Waals surface area contributed by atoms with E-state index in [1.165, 1.54) is 0 Å². The normalized spacial score (nSPS) is 9.92. The van der Waals surface area contributed by atoms with Crippen molar-refractivity contribution in [1.29, 1.82) is 0 Å². The first kappa shape index (κ1) is 12.4. The lowest BCUT2D eigenvalue weighted by atomic mass is 10.3. The van der Waals surface area contributed by atoms with Crippen LogP contribution in [0, 0.1) is 0 Å². The van der Waals surface area contributed by atoms with Crippen LogP contribution in [0.3, 0.4) is 0 Å². The zero-order valence-corrected chi connectivity index (χ0v) is 7.91. The van der Waals surface area contributed by atoms with E-state index in [-0.39, 0.29) is 6.61 Å². The molecular formula is C9H18O4.